The van der Waals surface area contributed by atoms with Crippen LogP contribution in [0.5, 0.6) is 0 Å². The van der Waals surface area contributed by atoms with Crippen molar-refractivity contribution in [2.75, 3.05) is 31.1 Å². The van der Waals surface area contributed by atoms with E-state index in [9.17, 15) is 0 Å². The molecule has 9 heteroatoms. The summed E-state index contributed by atoms with van der Waals surface area (Å²) in [5, 5.41) is 9.87. The predicted molar refractivity (Wildman–Crippen MR) is 110 cm³/mol. The van der Waals surface area contributed by atoms with Gasteiger partial charge in [-0.25, -0.2) is 4.68 Å². The molecule has 1 aliphatic heterocycles. The number of tetrazole rings is 1. The van der Waals surface area contributed by atoms with Crippen molar-refractivity contribution in [2.24, 2.45) is 0 Å². The smallest absolute Gasteiger partial charge is 0.221 e. The molecular weight excluding hydrogens is 403 g/mol. The van der Waals surface area contributed by atoms with Gasteiger partial charge < -0.3 is 4.90 Å². The van der Waals surface area contributed by atoms with E-state index in [-0.39, 0.29) is 0 Å². The maximum atomic E-state index is 6.31. The standard InChI is InChI=1S/C18H18Cl2N6S/c19-14-5-7-15(8-6-14)26-18(27)25(21-22-26)13-23-9-11-24(12-10-23)17-4-2-1-3-16(17)20/h1-8H,9-13H2. The summed E-state index contributed by atoms with van der Waals surface area (Å²) in [5.41, 5.74) is 1.93. The molecule has 140 valence electrons. The lowest BCUT2D eigenvalue weighted by atomic mass is 10.2. The largest absolute Gasteiger partial charge is 0.368 e. The monoisotopic (exact) mass is 420 g/mol. The van der Waals surface area contributed by atoms with Crippen molar-refractivity contribution in [2.45, 2.75) is 6.67 Å². The van der Waals surface area contributed by atoms with Gasteiger partial charge in [-0.3, -0.25) is 4.90 Å². The third kappa shape index (κ3) is 4.01. The minimum absolute atomic E-state index is 0.561. The molecule has 0 saturated carbocycles. The fraction of sp³-hybridized carbons (Fsp3) is 0.278. The Kier molecular flexibility index (Phi) is 5.45. The highest BCUT2D eigenvalue weighted by Crippen LogP contribution is 2.26. The maximum Gasteiger partial charge on any atom is 0.221 e. The molecule has 1 fully saturated rings. The number of benzene rings is 2. The van der Waals surface area contributed by atoms with E-state index in [1.807, 2.05) is 42.5 Å². The zero-order chi connectivity index (χ0) is 18.8. The summed E-state index contributed by atoms with van der Waals surface area (Å²) in [6.45, 7) is 4.23. The fourth-order valence-electron chi connectivity index (χ4n) is 3.14. The summed E-state index contributed by atoms with van der Waals surface area (Å²) in [6, 6.07) is 15.3. The highest BCUT2D eigenvalue weighted by atomic mass is 35.5. The molecule has 0 spiro atoms. The number of para-hydroxylation sites is 1. The second-order valence-corrected chi connectivity index (χ2v) is 7.56. The Morgan fingerprint density at radius 2 is 1.59 bits per heavy atom. The van der Waals surface area contributed by atoms with Gasteiger partial charge in [-0.05, 0) is 59.0 Å². The van der Waals surface area contributed by atoms with Crippen LogP contribution < -0.4 is 4.90 Å². The molecule has 3 aromatic rings. The molecule has 0 amide bonds. The normalized spacial score (nSPS) is 15.3. The van der Waals surface area contributed by atoms with Gasteiger partial charge >= 0.3 is 0 Å². The van der Waals surface area contributed by atoms with Gasteiger partial charge in [0.15, 0.2) is 0 Å². The van der Waals surface area contributed by atoms with Crippen LogP contribution in [0, 0.1) is 4.77 Å². The van der Waals surface area contributed by atoms with Gasteiger partial charge in [-0.15, -0.1) is 0 Å². The SMILES string of the molecule is S=c1n(CN2CCN(c3ccccc3Cl)CC2)nnn1-c1ccc(Cl)cc1. The molecule has 1 aliphatic rings. The molecule has 1 saturated heterocycles. The average Bonchev–Trinajstić information content (AvgIpc) is 3.04. The minimum atomic E-state index is 0.561. The molecule has 6 nitrogen and oxygen atoms in total. The molecule has 4 rings (SSSR count). The zero-order valence-corrected chi connectivity index (χ0v) is 16.8. The van der Waals surface area contributed by atoms with Crippen molar-refractivity contribution in [1.82, 2.24) is 24.7 Å². The lowest BCUT2D eigenvalue weighted by Crippen LogP contribution is -2.47. The molecule has 2 heterocycles. The van der Waals surface area contributed by atoms with E-state index in [1.54, 1.807) is 9.36 Å². The van der Waals surface area contributed by atoms with Crippen LogP contribution in [0.25, 0.3) is 5.69 Å². The zero-order valence-electron chi connectivity index (χ0n) is 14.5. The molecule has 0 radical (unpaired) electrons. The summed E-state index contributed by atoms with van der Waals surface area (Å²) in [6.07, 6.45) is 0. The van der Waals surface area contributed by atoms with Crippen molar-refractivity contribution in [3.8, 4) is 5.69 Å². The molecular formula is C18H18Cl2N6S. The van der Waals surface area contributed by atoms with Gasteiger partial charge in [-0.1, -0.05) is 35.3 Å². The number of halogens is 2. The number of rotatable bonds is 4. The van der Waals surface area contributed by atoms with Crippen molar-refractivity contribution < 1.29 is 0 Å². The summed E-state index contributed by atoms with van der Waals surface area (Å²) < 4.78 is 3.95. The topological polar surface area (TPSA) is 42.1 Å². The van der Waals surface area contributed by atoms with Gasteiger partial charge in [0, 0.05) is 31.2 Å². The number of nitrogens with zero attached hydrogens (tertiary/aromatic N) is 6. The first kappa shape index (κ1) is 18.4. The van der Waals surface area contributed by atoms with Crippen molar-refractivity contribution >= 4 is 41.1 Å². The Labute approximate surface area is 172 Å². The van der Waals surface area contributed by atoms with Crippen LogP contribution in [0.15, 0.2) is 48.5 Å². The lowest BCUT2D eigenvalue weighted by molar-refractivity contribution is 0.193. The van der Waals surface area contributed by atoms with E-state index >= 15 is 0 Å². The molecule has 0 bridgehead atoms. The highest BCUT2D eigenvalue weighted by molar-refractivity contribution is 7.71. The van der Waals surface area contributed by atoms with Crippen LogP contribution in [-0.2, 0) is 6.67 Å². The first-order valence-electron chi connectivity index (χ1n) is 8.62. The van der Waals surface area contributed by atoms with E-state index in [0.717, 1.165) is 42.6 Å². The van der Waals surface area contributed by atoms with Crippen LogP contribution in [0.1, 0.15) is 0 Å². The number of piperazine rings is 1. The third-order valence-corrected chi connectivity index (χ3v) is 5.57. The Bertz CT molecular complexity index is 976. The van der Waals surface area contributed by atoms with Gasteiger partial charge in [0.05, 0.1) is 23.1 Å². The number of aromatic nitrogens is 4. The molecule has 0 N–H and O–H groups in total. The first-order chi connectivity index (χ1) is 13.1. The van der Waals surface area contributed by atoms with Crippen LogP contribution in [-0.4, -0.2) is 50.9 Å². The van der Waals surface area contributed by atoms with Crippen LogP contribution in [0.4, 0.5) is 5.69 Å². The third-order valence-electron chi connectivity index (χ3n) is 4.61. The predicted octanol–water partition coefficient (Wildman–Crippen LogP) is 3.88. The van der Waals surface area contributed by atoms with E-state index in [4.69, 9.17) is 35.4 Å². The minimum Gasteiger partial charge on any atom is -0.368 e. The van der Waals surface area contributed by atoms with Crippen molar-refractivity contribution in [3.63, 3.8) is 0 Å². The number of hydrogen-bond donors (Lipinski definition) is 0. The Balaban J connectivity index is 1.42. The van der Waals surface area contributed by atoms with E-state index in [2.05, 4.69) is 26.3 Å². The highest BCUT2D eigenvalue weighted by Gasteiger charge is 2.19. The fourth-order valence-corrected chi connectivity index (χ4v) is 3.75. The Hall–Kier alpha value is -1.93. The summed E-state index contributed by atoms with van der Waals surface area (Å²) >= 11 is 17.8. The number of anilines is 1. The molecule has 0 aliphatic carbocycles. The maximum absolute atomic E-state index is 6.31. The molecule has 2 aromatic carbocycles. The number of hydrogen-bond acceptors (Lipinski definition) is 5. The van der Waals surface area contributed by atoms with Gasteiger partial charge in [0.25, 0.3) is 0 Å². The second-order valence-electron chi connectivity index (χ2n) is 6.35. The van der Waals surface area contributed by atoms with E-state index in [1.165, 1.54) is 0 Å². The summed E-state index contributed by atoms with van der Waals surface area (Å²) in [7, 11) is 0. The van der Waals surface area contributed by atoms with Crippen molar-refractivity contribution in [1.29, 1.82) is 0 Å². The quantitative estimate of drug-likeness (QED) is 0.598. The van der Waals surface area contributed by atoms with Gasteiger partial charge in [-0.2, -0.15) is 4.68 Å². The first-order valence-corrected chi connectivity index (χ1v) is 9.79. The second kappa shape index (κ2) is 7.98. The summed E-state index contributed by atoms with van der Waals surface area (Å²) in [4.78, 5) is 4.62. The molecule has 0 unspecified atom stereocenters. The van der Waals surface area contributed by atoms with E-state index < -0.39 is 0 Å². The molecule has 27 heavy (non-hydrogen) atoms. The van der Waals surface area contributed by atoms with Crippen LogP contribution in [0.2, 0.25) is 10.0 Å². The lowest BCUT2D eigenvalue weighted by Gasteiger charge is -2.36. The average molecular weight is 421 g/mol. The van der Waals surface area contributed by atoms with Gasteiger partial charge in [0.1, 0.15) is 0 Å². The summed E-state index contributed by atoms with van der Waals surface area (Å²) in [5.74, 6) is 0. The van der Waals surface area contributed by atoms with Crippen LogP contribution in [0.3, 0.4) is 0 Å². The molecule has 1 aromatic heterocycles. The Morgan fingerprint density at radius 3 is 2.30 bits per heavy atom. The van der Waals surface area contributed by atoms with Crippen molar-refractivity contribution in [3.05, 3.63) is 63.3 Å². The Morgan fingerprint density at radius 1 is 0.889 bits per heavy atom. The van der Waals surface area contributed by atoms with Crippen LogP contribution >= 0.6 is 35.4 Å². The molecule has 0 atom stereocenters. The van der Waals surface area contributed by atoms with E-state index in [0.29, 0.717) is 16.5 Å². The van der Waals surface area contributed by atoms with Gasteiger partial charge in [0.2, 0.25) is 4.77 Å².